The highest BCUT2D eigenvalue weighted by Gasteiger charge is 2.02. The van der Waals surface area contributed by atoms with Crippen molar-refractivity contribution in [1.82, 2.24) is 9.97 Å². The number of rotatable bonds is 3. The Balaban J connectivity index is 2.83. The Labute approximate surface area is 65.2 Å². The Morgan fingerprint density at radius 1 is 1.55 bits per heavy atom. The van der Waals surface area contributed by atoms with Crippen molar-refractivity contribution in [2.24, 2.45) is 0 Å². The summed E-state index contributed by atoms with van der Waals surface area (Å²) in [4.78, 5) is 7.65. The molecule has 1 rings (SSSR count). The fraction of sp³-hybridized carbons (Fsp3) is 0.429. The van der Waals surface area contributed by atoms with Crippen LogP contribution in [0.5, 0.6) is 11.6 Å². The molecule has 11 heavy (non-hydrogen) atoms. The second kappa shape index (κ2) is 3.75. The summed E-state index contributed by atoms with van der Waals surface area (Å²) in [6.07, 6.45) is 3.00. The zero-order valence-electron chi connectivity index (χ0n) is 6.57. The number of aromatic nitrogens is 2. The van der Waals surface area contributed by atoms with Gasteiger partial charge >= 0.3 is 0 Å². The highest BCUT2D eigenvalue weighted by molar-refractivity contribution is 5.29. The standard InChI is InChI=1S/C7H10N2O2/c1-3-11-6-4-8-5-9-7(6)10-2/h4-5H,3H2,1-2H3. The van der Waals surface area contributed by atoms with Crippen LogP contribution in [0.25, 0.3) is 0 Å². The molecular weight excluding hydrogens is 144 g/mol. The average Bonchev–Trinajstić information content (AvgIpc) is 2.06. The van der Waals surface area contributed by atoms with Gasteiger partial charge in [-0.15, -0.1) is 0 Å². The van der Waals surface area contributed by atoms with Gasteiger partial charge in [-0.3, -0.25) is 0 Å². The van der Waals surface area contributed by atoms with Crippen LogP contribution in [0, 0.1) is 0 Å². The number of hydrogen-bond donors (Lipinski definition) is 0. The molecule has 0 aromatic carbocycles. The lowest BCUT2D eigenvalue weighted by Crippen LogP contribution is -1.97. The summed E-state index contributed by atoms with van der Waals surface area (Å²) in [5.74, 6) is 1.05. The Kier molecular flexibility index (Phi) is 2.66. The molecule has 0 atom stereocenters. The van der Waals surface area contributed by atoms with Crippen LogP contribution in [0.3, 0.4) is 0 Å². The molecule has 0 aliphatic heterocycles. The molecule has 0 saturated heterocycles. The maximum absolute atomic E-state index is 5.18. The third-order valence-electron chi connectivity index (χ3n) is 1.14. The van der Waals surface area contributed by atoms with Crippen LogP contribution < -0.4 is 9.47 Å². The van der Waals surface area contributed by atoms with E-state index in [1.807, 2.05) is 6.92 Å². The zero-order valence-corrected chi connectivity index (χ0v) is 6.57. The van der Waals surface area contributed by atoms with Gasteiger partial charge in [-0.1, -0.05) is 0 Å². The fourth-order valence-corrected chi connectivity index (χ4v) is 0.713. The van der Waals surface area contributed by atoms with Crippen LogP contribution in [0.4, 0.5) is 0 Å². The lowest BCUT2D eigenvalue weighted by Gasteiger charge is -2.05. The van der Waals surface area contributed by atoms with Crippen molar-refractivity contribution in [2.75, 3.05) is 13.7 Å². The lowest BCUT2D eigenvalue weighted by molar-refractivity contribution is 0.302. The molecule has 0 N–H and O–H groups in total. The van der Waals surface area contributed by atoms with Crippen LogP contribution in [0.2, 0.25) is 0 Å². The van der Waals surface area contributed by atoms with Crippen molar-refractivity contribution in [3.8, 4) is 11.6 Å². The van der Waals surface area contributed by atoms with E-state index in [2.05, 4.69) is 9.97 Å². The largest absolute Gasteiger partial charge is 0.487 e. The fourth-order valence-electron chi connectivity index (χ4n) is 0.713. The zero-order chi connectivity index (χ0) is 8.10. The Morgan fingerprint density at radius 3 is 3.00 bits per heavy atom. The minimum absolute atomic E-state index is 0.474. The average molecular weight is 154 g/mol. The molecule has 0 bridgehead atoms. The first-order valence-corrected chi connectivity index (χ1v) is 3.35. The van der Waals surface area contributed by atoms with Crippen molar-refractivity contribution in [3.63, 3.8) is 0 Å². The minimum atomic E-state index is 0.474. The summed E-state index contributed by atoms with van der Waals surface area (Å²) in [6.45, 7) is 2.48. The van der Waals surface area contributed by atoms with E-state index in [0.29, 0.717) is 18.2 Å². The minimum Gasteiger partial charge on any atom is -0.487 e. The van der Waals surface area contributed by atoms with Gasteiger partial charge in [-0.25, -0.2) is 4.98 Å². The topological polar surface area (TPSA) is 44.2 Å². The van der Waals surface area contributed by atoms with E-state index in [4.69, 9.17) is 9.47 Å². The molecule has 0 fully saturated rings. The monoisotopic (exact) mass is 154 g/mol. The number of methoxy groups -OCH3 is 1. The normalized spacial score (nSPS) is 9.27. The van der Waals surface area contributed by atoms with Gasteiger partial charge in [-0.2, -0.15) is 4.98 Å². The maximum Gasteiger partial charge on any atom is 0.259 e. The highest BCUT2D eigenvalue weighted by Crippen LogP contribution is 2.20. The van der Waals surface area contributed by atoms with E-state index in [-0.39, 0.29) is 0 Å². The van der Waals surface area contributed by atoms with E-state index in [1.54, 1.807) is 13.3 Å². The first kappa shape index (κ1) is 7.78. The van der Waals surface area contributed by atoms with Crippen molar-refractivity contribution in [1.29, 1.82) is 0 Å². The molecule has 4 nitrogen and oxygen atoms in total. The van der Waals surface area contributed by atoms with Crippen LogP contribution in [0.1, 0.15) is 6.92 Å². The Morgan fingerprint density at radius 2 is 2.36 bits per heavy atom. The van der Waals surface area contributed by atoms with Gasteiger partial charge in [0, 0.05) is 0 Å². The Hall–Kier alpha value is -1.32. The summed E-state index contributed by atoms with van der Waals surface area (Å²) >= 11 is 0. The van der Waals surface area contributed by atoms with Crippen LogP contribution >= 0.6 is 0 Å². The Bertz CT molecular complexity index is 227. The van der Waals surface area contributed by atoms with Crippen molar-refractivity contribution >= 4 is 0 Å². The maximum atomic E-state index is 5.18. The van der Waals surface area contributed by atoms with Gasteiger partial charge < -0.3 is 9.47 Å². The van der Waals surface area contributed by atoms with E-state index in [0.717, 1.165) is 0 Å². The van der Waals surface area contributed by atoms with Gasteiger partial charge in [0.15, 0.2) is 5.75 Å². The molecule has 0 spiro atoms. The first-order valence-electron chi connectivity index (χ1n) is 3.35. The third-order valence-corrected chi connectivity index (χ3v) is 1.14. The molecule has 0 radical (unpaired) electrons. The summed E-state index contributed by atoms with van der Waals surface area (Å²) < 4.78 is 10.1. The quantitative estimate of drug-likeness (QED) is 0.648. The van der Waals surface area contributed by atoms with E-state index in [1.165, 1.54) is 6.33 Å². The SMILES string of the molecule is CCOc1cncnc1OC. The molecule has 1 aromatic heterocycles. The summed E-state index contributed by atoms with van der Waals surface area (Å²) in [6, 6.07) is 0. The van der Waals surface area contributed by atoms with Crippen molar-refractivity contribution in [2.45, 2.75) is 6.92 Å². The molecule has 0 aliphatic rings. The predicted octanol–water partition coefficient (Wildman–Crippen LogP) is 0.884. The van der Waals surface area contributed by atoms with Gasteiger partial charge in [0.2, 0.25) is 0 Å². The van der Waals surface area contributed by atoms with Gasteiger partial charge in [0.05, 0.1) is 19.9 Å². The van der Waals surface area contributed by atoms with Crippen LogP contribution in [0.15, 0.2) is 12.5 Å². The van der Waals surface area contributed by atoms with Gasteiger partial charge in [-0.05, 0) is 6.92 Å². The number of ether oxygens (including phenoxy) is 2. The van der Waals surface area contributed by atoms with E-state index in [9.17, 15) is 0 Å². The molecule has 0 amide bonds. The lowest BCUT2D eigenvalue weighted by atomic mass is 10.5. The molecule has 60 valence electrons. The highest BCUT2D eigenvalue weighted by atomic mass is 16.5. The molecular formula is C7H10N2O2. The molecule has 0 saturated carbocycles. The second-order valence-electron chi connectivity index (χ2n) is 1.83. The molecule has 0 aliphatic carbocycles. The first-order chi connectivity index (χ1) is 5.38. The number of hydrogen-bond acceptors (Lipinski definition) is 4. The summed E-state index contributed by atoms with van der Waals surface area (Å²) in [5.41, 5.74) is 0. The van der Waals surface area contributed by atoms with E-state index < -0.39 is 0 Å². The van der Waals surface area contributed by atoms with Crippen LogP contribution in [-0.4, -0.2) is 23.7 Å². The second-order valence-corrected chi connectivity index (χ2v) is 1.83. The number of nitrogens with zero attached hydrogens (tertiary/aromatic N) is 2. The van der Waals surface area contributed by atoms with Crippen LogP contribution in [-0.2, 0) is 0 Å². The van der Waals surface area contributed by atoms with Crippen molar-refractivity contribution in [3.05, 3.63) is 12.5 Å². The molecule has 1 aromatic rings. The smallest absolute Gasteiger partial charge is 0.259 e. The predicted molar refractivity (Wildman–Crippen MR) is 39.8 cm³/mol. The summed E-state index contributed by atoms with van der Waals surface area (Å²) in [7, 11) is 1.55. The molecule has 4 heteroatoms. The third kappa shape index (κ3) is 1.80. The van der Waals surface area contributed by atoms with E-state index >= 15 is 0 Å². The van der Waals surface area contributed by atoms with Gasteiger partial charge in [0.25, 0.3) is 5.88 Å². The summed E-state index contributed by atoms with van der Waals surface area (Å²) in [5, 5.41) is 0. The molecule has 1 heterocycles. The van der Waals surface area contributed by atoms with Crippen molar-refractivity contribution < 1.29 is 9.47 Å². The van der Waals surface area contributed by atoms with Gasteiger partial charge in [0.1, 0.15) is 6.33 Å². The molecule has 0 unspecified atom stereocenters.